The summed E-state index contributed by atoms with van der Waals surface area (Å²) in [6.45, 7) is 0. The zero-order chi connectivity index (χ0) is 6.15. The van der Waals surface area contributed by atoms with Crippen molar-refractivity contribution in [3.05, 3.63) is 12.2 Å². The predicted octanol–water partition coefficient (Wildman–Crippen LogP) is -1.98. The van der Waals surface area contributed by atoms with E-state index in [0.29, 0.717) is 0 Å². The lowest BCUT2D eigenvalue weighted by molar-refractivity contribution is -0.124. The van der Waals surface area contributed by atoms with Crippen LogP contribution in [0.2, 0.25) is 0 Å². The van der Waals surface area contributed by atoms with Gasteiger partial charge in [-0.05, 0) is 12.2 Å². The molecule has 0 aromatic heterocycles. The Labute approximate surface area is 51.7 Å². The Balaban J connectivity index is 0.000000640. The first-order valence-electron chi connectivity index (χ1n) is 2.30. The fraction of sp³-hybridized carbons (Fsp3) is 0.400. The summed E-state index contributed by atoms with van der Waals surface area (Å²) in [4.78, 5) is 10.3. The van der Waals surface area contributed by atoms with E-state index >= 15 is 0 Å². The van der Waals surface area contributed by atoms with Gasteiger partial charge in [-0.3, -0.25) is 4.79 Å². The van der Waals surface area contributed by atoms with E-state index in [9.17, 15) is 4.79 Å². The minimum Gasteiger partial charge on any atom is -0.412 e. The molecule has 4 heteroatoms. The van der Waals surface area contributed by atoms with Crippen LogP contribution in [0.25, 0.3) is 0 Å². The normalized spacial score (nSPS) is 32.4. The van der Waals surface area contributed by atoms with Crippen molar-refractivity contribution in [2.45, 2.75) is 12.2 Å². The van der Waals surface area contributed by atoms with Gasteiger partial charge >= 0.3 is 0 Å². The molecule has 0 spiro atoms. The number of rotatable bonds is 0. The molecule has 0 bridgehead atoms. The molecule has 0 heterocycles. The van der Waals surface area contributed by atoms with Crippen LogP contribution in [-0.2, 0) is 4.79 Å². The fourth-order valence-electron chi connectivity index (χ4n) is 0.566. The number of aliphatic hydroxyl groups is 2. The molecule has 9 heavy (non-hydrogen) atoms. The number of carbonyl (C=O) groups excluding carboxylic acids is 1. The minimum atomic E-state index is -1.21. The first-order valence-corrected chi connectivity index (χ1v) is 2.30. The van der Waals surface area contributed by atoms with E-state index in [1.807, 2.05) is 0 Å². The largest absolute Gasteiger partial charge is 0.412 e. The van der Waals surface area contributed by atoms with Gasteiger partial charge in [-0.25, -0.2) is 0 Å². The average molecular weight is 132 g/mol. The van der Waals surface area contributed by atoms with Gasteiger partial charge < -0.3 is 15.7 Å². The van der Waals surface area contributed by atoms with Crippen LogP contribution in [0.3, 0.4) is 0 Å². The Morgan fingerprint density at radius 2 is 2.00 bits per heavy atom. The first kappa shape index (κ1) is 8.29. The van der Waals surface area contributed by atoms with Crippen LogP contribution >= 0.6 is 0 Å². The second-order valence-corrected chi connectivity index (χ2v) is 1.70. The van der Waals surface area contributed by atoms with E-state index in [1.54, 1.807) is 0 Å². The minimum absolute atomic E-state index is 0. The molecular formula is C5H8O4. The summed E-state index contributed by atoms with van der Waals surface area (Å²) in [6, 6.07) is 0. The average Bonchev–Trinajstić information content (AvgIpc) is 1.98. The smallest absolute Gasteiger partial charge is 0.186 e. The molecule has 0 amide bonds. The van der Waals surface area contributed by atoms with E-state index in [2.05, 4.69) is 0 Å². The van der Waals surface area contributed by atoms with E-state index in [0.717, 1.165) is 0 Å². The molecule has 4 N–H and O–H groups in total. The molecular weight excluding hydrogens is 124 g/mol. The van der Waals surface area contributed by atoms with Crippen molar-refractivity contribution < 1.29 is 20.5 Å². The molecule has 52 valence electrons. The monoisotopic (exact) mass is 132 g/mol. The first-order chi connectivity index (χ1) is 3.72. The van der Waals surface area contributed by atoms with E-state index in [4.69, 9.17) is 10.2 Å². The highest BCUT2D eigenvalue weighted by atomic mass is 16.3. The molecule has 0 aliphatic heterocycles. The van der Waals surface area contributed by atoms with Crippen LogP contribution in [0.4, 0.5) is 0 Å². The van der Waals surface area contributed by atoms with Crippen LogP contribution in [-0.4, -0.2) is 33.7 Å². The molecule has 0 aromatic rings. The van der Waals surface area contributed by atoms with Crippen LogP contribution in [0.5, 0.6) is 0 Å². The summed E-state index contributed by atoms with van der Waals surface area (Å²) < 4.78 is 0. The summed E-state index contributed by atoms with van der Waals surface area (Å²) >= 11 is 0. The Hall–Kier alpha value is -0.710. The summed E-state index contributed by atoms with van der Waals surface area (Å²) in [6.07, 6.45) is 0.250. The maximum atomic E-state index is 10.3. The summed E-state index contributed by atoms with van der Waals surface area (Å²) in [7, 11) is 0. The van der Waals surface area contributed by atoms with Gasteiger partial charge in [0.15, 0.2) is 5.78 Å². The molecule has 0 fully saturated rings. The number of hydrogen-bond donors (Lipinski definition) is 2. The van der Waals surface area contributed by atoms with Crippen molar-refractivity contribution in [3.8, 4) is 0 Å². The van der Waals surface area contributed by atoms with Crippen LogP contribution in [0.1, 0.15) is 0 Å². The highest BCUT2D eigenvalue weighted by molar-refractivity contribution is 5.96. The van der Waals surface area contributed by atoms with Gasteiger partial charge in [-0.2, -0.15) is 0 Å². The zero-order valence-electron chi connectivity index (χ0n) is 4.61. The van der Waals surface area contributed by atoms with Crippen molar-refractivity contribution in [1.82, 2.24) is 0 Å². The van der Waals surface area contributed by atoms with Crippen molar-refractivity contribution in [2.75, 3.05) is 0 Å². The van der Waals surface area contributed by atoms with Gasteiger partial charge in [0.1, 0.15) is 12.2 Å². The maximum Gasteiger partial charge on any atom is 0.186 e. The Kier molecular flexibility index (Phi) is 2.51. The standard InChI is InChI=1S/C5H6O3.H2O/c6-3-1-2-4(7)5(3)8;/h1-3,5-6,8H;1H2/t3-,5+;/m1./s1. The van der Waals surface area contributed by atoms with Crippen molar-refractivity contribution in [2.24, 2.45) is 0 Å². The third kappa shape index (κ3) is 1.35. The van der Waals surface area contributed by atoms with E-state index < -0.39 is 18.0 Å². The molecule has 2 atom stereocenters. The second-order valence-electron chi connectivity index (χ2n) is 1.70. The van der Waals surface area contributed by atoms with Gasteiger partial charge in [-0.1, -0.05) is 0 Å². The van der Waals surface area contributed by atoms with Crippen molar-refractivity contribution in [1.29, 1.82) is 0 Å². The second kappa shape index (κ2) is 2.72. The molecule has 0 aromatic carbocycles. The SMILES string of the molecule is O.O=C1C=C[C@@H](O)[C@@H]1O. The maximum absolute atomic E-state index is 10.3. The van der Waals surface area contributed by atoms with Gasteiger partial charge in [0, 0.05) is 0 Å². The Morgan fingerprint density at radius 3 is 2.11 bits per heavy atom. The van der Waals surface area contributed by atoms with E-state index in [-0.39, 0.29) is 5.48 Å². The lowest BCUT2D eigenvalue weighted by Crippen LogP contribution is -2.25. The highest BCUT2D eigenvalue weighted by Gasteiger charge is 2.24. The van der Waals surface area contributed by atoms with E-state index in [1.165, 1.54) is 12.2 Å². The number of hydrogen-bond acceptors (Lipinski definition) is 3. The van der Waals surface area contributed by atoms with Crippen LogP contribution < -0.4 is 0 Å². The fourth-order valence-corrected chi connectivity index (χ4v) is 0.566. The molecule has 0 unspecified atom stereocenters. The third-order valence-corrected chi connectivity index (χ3v) is 1.07. The van der Waals surface area contributed by atoms with Crippen molar-refractivity contribution in [3.63, 3.8) is 0 Å². The molecule has 0 saturated carbocycles. The topological polar surface area (TPSA) is 89.0 Å². The molecule has 0 saturated heterocycles. The Morgan fingerprint density at radius 1 is 1.44 bits per heavy atom. The Bertz CT molecular complexity index is 140. The number of aliphatic hydroxyl groups excluding tert-OH is 2. The summed E-state index contributed by atoms with van der Waals surface area (Å²) in [5, 5.41) is 17.2. The van der Waals surface area contributed by atoms with Crippen LogP contribution in [0, 0.1) is 0 Å². The quantitative estimate of drug-likeness (QED) is 0.400. The third-order valence-electron chi connectivity index (χ3n) is 1.07. The van der Waals surface area contributed by atoms with Gasteiger partial charge in [-0.15, -0.1) is 0 Å². The molecule has 1 aliphatic carbocycles. The van der Waals surface area contributed by atoms with Gasteiger partial charge in [0.05, 0.1) is 0 Å². The van der Waals surface area contributed by atoms with Gasteiger partial charge in [0.2, 0.25) is 0 Å². The summed E-state index contributed by atoms with van der Waals surface area (Å²) in [5.41, 5.74) is 0. The number of carbonyl (C=O) groups is 1. The predicted molar refractivity (Wildman–Crippen MR) is 29.8 cm³/mol. The summed E-state index contributed by atoms with van der Waals surface area (Å²) in [5.74, 6) is -0.419. The van der Waals surface area contributed by atoms with Crippen LogP contribution in [0.15, 0.2) is 12.2 Å². The highest BCUT2D eigenvalue weighted by Crippen LogP contribution is 2.05. The van der Waals surface area contributed by atoms with Crippen molar-refractivity contribution >= 4 is 5.78 Å². The lowest BCUT2D eigenvalue weighted by Gasteiger charge is -2.01. The number of ketones is 1. The van der Waals surface area contributed by atoms with Gasteiger partial charge in [0.25, 0.3) is 0 Å². The lowest BCUT2D eigenvalue weighted by atomic mass is 10.2. The molecule has 4 nitrogen and oxygen atoms in total. The molecule has 1 rings (SSSR count). The molecule has 0 radical (unpaired) electrons. The molecule has 1 aliphatic rings. The zero-order valence-corrected chi connectivity index (χ0v) is 4.61.